The molecule has 1 fully saturated rings. The van der Waals surface area contributed by atoms with Gasteiger partial charge >= 0.3 is 0 Å². The van der Waals surface area contributed by atoms with Crippen LogP contribution in [0.1, 0.15) is 43.2 Å². The molecule has 1 aliphatic rings. The molecule has 1 N–H and O–H groups in total. The van der Waals surface area contributed by atoms with Gasteiger partial charge in [0.1, 0.15) is 0 Å². The van der Waals surface area contributed by atoms with Gasteiger partial charge in [-0.05, 0) is 43.4 Å². The minimum Gasteiger partial charge on any atom is -0.326 e. The van der Waals surface area contributed by atoms with Crippen LogP contribution >= 0.6 is 11.8 Å². The number of carbonyl (C=O) groups excluding carboxylic acids is 2. The standard InChI is InChI=1S/C24H29NO2S/c1-18-10-8-9-15-22(18)25-23(26)21(16-19-11-4-2-5-12-19)17-28-24(27)20-13-6-3-7-14-20/h2,4-5,8-12,15,20-21H,3,6-7,13-14,16-17H2,1H3,(H,25,26). The Hall–Kier alpha value is -2.07. The van der Waals surface area contributed by atoms with Gasteiger partial charge in [0.15, 0.2) is 5.12 Å². The summed E-state index contributed by atoms with van der Waals surface area (Å²) in [5, 5.41) is 3.34. The van der Waals surface area contributed by atoms with Crippen molar-refractivity contribution in [2.75, 3.05) is 11.1 Å². The Morgan fingerprint density at radius 1 is 1.00 bits per heavy atom. The molecule has 0 aliphatic heterocycles. The first kappa shape index (κ1) is 20.7. The van der Waals surface area contributed by atoms with E-state index in [0.29, 0.717) is 12.2 Å². The predicted octanol–water partition coefficient (Wildman–Crippen LogP) is 5.63. The molecule has 0 saturated heterocycles. The van der Waals surface area contributed by atoms with Crippen molar-refractivity contribution in [3.05, 3.63) is 65.7 Å². The number of carbonyl (C=O) groups is 2. The van der Waals surface area contributed by atoms with E-state index in [2.05, 4.69) is 5.32 Å². The van der Waals surface area contributed by atoms with Crippen LogP contribution in [0.5, 0.6) is 0 Å². The third kappa shape index (κ3) is 5.96. The van der Waals surface area contributed by atoms with Crippen molar-refractivity contribution in [3.8, 4) is 0 Å². The van der Waals surface area contributed by atoms with Gasteiger partial charge in [-0.1, -0.05) is 79.6 Å². The van der Waals surface area contributed by atoms with Gasteiger partial charge < -0.3 is 5.32 Å². The van der Waals surface area contributed by atoms with Crippen LogP contribution in [-0.2, 0) is 16.0 Å². The zero-order chi connectivity index (χ0) is 19.8. The maximum atomic E-state index is 13.0. The Morgan fingerprint density at radius 2 is 1.68 bits per heavy atom. The lowest BCUT2D eigenvalue weighted by molar-refractivity contribution is -0.119. The molecule has 0 spiro atoms. The number of amides is 1. The second-order valence-electron chi connectivity index (χ2n) is 7.66. The zero-order valence-corrected chi connectivity index (χ0v) is 17.3. The maximum absolute atomic E-state index is 13.0. The molecular weight excluding hydrogens is 366 g/mol. The second kappa shape index (κ2) is 10.5. The van der Waals surface area contributed by atoms with Crippen LogP contribution in [-0.4, -0.2) is 16.8 Å². The first-order valence-electron chi connectivity index (χ1n) is 10.2. The van der Waals surface area contributed by atoms with Crippen molar-refractivity contribution < 1.29 is 9.59 Å². The molecular formula is C24H29NO2S. The van der Waals surface area contributed by atoms with E-state index in [1.807, 2.05) is 61.5 Å². The van der Waals surface area contributed by atoms with Crippen LogP contribution in [0.4, 0.5) is 5.69 Å². The molecule has 4 heteroatoms. The van der Waals surface area contributed by atoms with E-state index in [-0.39, 0.29) is 22.9 Å². The van der Waals surface area contributed by atoms with Crippen LogP contribution in [0.25, 0.3) is 0 Å². The molecule has 2 aromatic rings. The van der Waals surface area contributed by atoms with Crippen molar-refractivity contribution in [2.45, 2.75) is 45.4 Å². The number of nitrogens with one attached hydrogen (secondary N) is 1. The highest BCUT2D eigenvalue weighted by molar-refractivity contribution is 8.13. The number of thioether (sulfide) groups is 1. The number of hydrogen-bond donors (Lipinski definition) is 1. The molecule has 1 unspecified atom stereocenters. The molecule has 3 nitrogen and oxygen atoms in total. The lowest BCUT2D eigenvalue weighted by atomic mass is 9.90. The minimum absolute atomic E-state index is 0.0119. The summed E-state index contributed by atoms with van der Waals surface area (Å²) in [7, 11) is 0. The fourth-order valence-electron chi connectivity index (χ4n) is 3.71. The van der Waals surface area contributed by atoms with E-state index in [4.69, 9.17) is 0 Å². The van der Waals surface area contributed by atoms with E-state index >= 15 is 0 Å². The molecule has 1 saturated carbocycles. The highest BCUT2D eigenvalue weighted by Gasteiger charge is 2.25. The molecule has 1 amide bonds. The van der Waals surface area contributed by atoms with Crippen LogP contribution in [0.2, 0.25) is 0 Å². The molecule has 0 aromatic heterocycles. The molecule has 3 rings (SSSR count). The van der Waals surface area contributed by atoms with E-state index < -0.39 is 0 Å². The lowest BCUT2D eigenvalue weighted by Gasteiger charge is -2.21. The summed E-state index contributed by atoms with van der Waals surface area (Å²) < 4.78 is 0. The van der Waals surface area contributed by atoms with E-state index in [0.717, 1.165) is 42.5 Å². The molecule has 28 heavy (non-hydrogen) atoms. The summed E-state index contributed by atoms with van der Waals surface area (Å²) in [6.45, 7) is 1.99. The van der Waals surface area contributed by atoms with Crippen LogP contribution in [0.15, 0.2) is 54.6 Å². The van der Waals surface area contributed by atoms with E-state index in [1.165, 1.54) is 18.2 Å². The van der Waals surface area contributed by atoms with Crippen LogP contribution < -0.4 is 5.32 Å². The third-order valence-corrected chi connectivity index (χ3v) is 6.65. The number of aryl methyl sites for hydroxylation is 1. The van der Waals surface area contributed by atoms with Crippen molar-refractivity contribution in [3.63, 3.8) is 0 Å². The Kier molecular flexibility index (Phi) is 7.72. The lowest BCUT2D eigenvalue weighted by Crippen LogP contribution is -2.28. The highest BCUT2D eigenvalue weighted by atomic mass is 32.2. The van der Waals surface area contributed by atoms with Gasteiger partial charge in [0, 0.05) is 17.4 Å². The van der Waals surface area contributed by atoms with Crippen molar-refractivity contribution >= 4 is 28.5 Å². The molecule has 1 aliphatic carbocycles. The van der Waals surface area contributed by atoms with Gasteiger partial charge in [-0.15, -0.1) is 0 Å². The highest BCUT2D eigenvalue weighted by Crippen LogP contribution is 2.29. The van der Waals surface area contributed by atoms with E-state index in [9.17, 15) is 9.59 Å². The van der Waals surface area contributed by atoms with Gasteiger partial charge in [-0.3, -0.25) is 9.59 Å². The molecule has 0 bridgehead atoms. The monoisotopic (exact) mass is 395 g/mol. The minimum atomic E-state index is -0.237. The molecule has 148 valence electrons. The van der Waals surface area contributed by atoms with E-state index in [1.54, 1.807) is 0 Å². The second-order valence-corrected chi connectivity index (χ2v) is 8.68. The summed E-state index contributed by atoms with van der Waals surface area (Å²) in [5.41, 5.74) is 3.01. The SMILES string of the molecule is Cc1ccccc1NC(=O)C(CSC(=O)C1CCCCC1)Cc1ccccc1. The molecule has 0 radical (unpaired) electrons. The maximum Gasteiger partial charge on any atom is 0.228 e. The Bertz CT molecular complexity index is 784. The first-order chi connectivity index (χ1) is 13.6. The fraction of sp³-hybridized carbons (Fsp3) is 0.417. The number of hydrogen-bond acceptors (Lipinski definition) is 3. The summed E-state index contributed by atoms with van der Waals surface area (Å²) >= 11 is 1.35. The van der Waals surface area contributed by atoms with Gasteiger partial charge in [0.2, 0.25) is 5.91 Å². The Morgan fingerprint density at radius 3 is 2.39 bits per heavy atom. The summed E-state index contributed by atoms with van der Waals surface area (Å²) in [4.78, 5) is 25.6. The van der Waals surface area contributed by atoms with Gasteiger partial charge in [-0.25, -0.2) is 0 Å². The van der Waals surface area contributed by atoms with Crippen LogP contribution in [0, 0.1) is 18.8 Å². The number of para-hydroxylation sites is 1. The normalized spacial score (nSPS) is 15.8. The quantitative estimate of drug-likeness (QED) is 0.660. The van der Waals surface area contributed by atoms with Gasteiger partial charge in [0.25, 0.3) is 0 Å². The Labute approximate surface area is 172 Å². The summed E-state index contributed by atoms with van der Waals surface area (Å²) in [6, 6.07) is 17.9. The largest absolute Gasteiger partial charge is 0.326 e. The predicted molar refractivity (Wildman–Crippen MR) is 117 cm³/mol. The molecule has 2 aromatic carbocycles. The van der Waals surface area contributed by atoms with Crippen molar-refractivity contribution in [2.24, 2.45) is 11.8 Å². The fourth-order valence-corrected chi connectivity index (χ4v) is 4.82. The molecule has 1 atom stereocenters. The van der Waals surface area contributed by atoms with Gasteiger partial charge in [-0.2, -0.15) is 0 Å². The third-order valence-electron chi connectivity index (χ3n) is 5.46. The first-order valence-corrected chi connectivity index (χ1v) is 11.2. The van der Waals surface area contributed by atoms with Gasteiger partial charge in [0.05, 0.1) is 5.92 Å². The topological polar surface area (TPSA) is 46.2 Å². The smallest absolute Gasteiger partial charge is 0.228 e. The summed E-state index contributed by atoms with van der Waals surface area (Å²) in [5.74, 6) is 0.458. The molecule has 0 heterocycles. The summed E-state index contributed by atoms with van der Waals surface area (Å²) in [6.07, 6.45) is 6.19. The Balaban J connectivity index is 1.66. The number of benzene rings is 2. The average Bonchev–Trinajstić information content (AvgIpc) is 2.74. The number of anilines is 1. The van der Waals surface area contributed by atoms with Crippen molar-refractivity contribution in [1.29, 1.82) is 0 Å². The van der Waals surface area contributed by atoms with Crippen LogP contribution in [0.3, 0.4) is 0 Å². The average molecular weight is 396 g/mol. The number of rotatable bonds is 7. The zero-order valence-electron chi connectivity index (χ0n) is 16.5. The van der Waals surface area contributed by atoms with Crippen molar-refractivity contribution in [1.82, 2.24) is 0 Å².